The number of hydrogen-bond donors (Lipinski definition) is 0. The Hall–Kier alpha value is -8.52. The third kappa shape index (κ3) is 10.6. The molecule has 368 valence electrons. The van der Waals surface area contributed by atoms with Crippen LogP contribution in [0.25, 0.3) is 66.8 Å². The number of ether oxygens (including phenoxy) is 6. The van der Waals surface area contributed by atoms with Gasteiger partial charge in [0.25, 0.3) is 0 Å². The van der Waals surface area contributed by atoms with Gasteiger partial charge in [0.2, 0.25) is 0 Å². The molecule has 1 spiro atoms. The smallest absolute Gasteiger partial charge is 0.0991 e. The van der Waals surface area contributed by atoms with Crippen molar-refractivity contribution in [1.29, 1.82) is 21.0 Å². The number of nitriles is 4. The number of fused-ring (bicyclic) bond motifs is 10. The van der Waals surface area contributed by atoms with E-state index in [0.717, 1.165) is 146 Å². The van der Waals surface area contributed by atoms with Gasteiger partial charge in [0.1, 0.15) is 0 Å². The zero-order valence-electron chi connectivity index (χ0n) is 41.4. The van der Waals surface area contributed by atoms with Crippen LogP contribution in [0.3, 0.4) is 0 Å². The Bertz CT molecular complexity index is 2980. The van der Waals surface area contributed by atoms with E-state index in [2.05, 4.69) is 97.1 Å². The Morgan fingerprint density at radius 2 is 0.413 bits per heavy atom. The van der Waals surface area contributed by atoms with Crippen LogP contribution < -0.4 is 0 Å². The summed E-state index contributed by atoms with van der Waals surface area (Å²) in [5.74, 6) is 0. The van der Waals surface area contributed by atoms with Crippen molar-refractivity contribution < 1.29 is 28.4 Å². The molecule has 0 atom stereocenters. The molecule has 0 saturated carbocycles. The summed E-state index contributed by atoms with van der Waals surface area (Å²) in [7, 11) is 0. The van der Waals surface area contributed by atoms with Gasteiger partial charge in [0.15, 0.2) is 0 Å². The van der Waals surface area contributed by atoms with Gasteiger partial charge in [-0.25, -0.2) is 0 Å². The molecule has 3 aliphatic heterocycles. The standard InChI is InChI=1S/C53H28N4.3C4H8O2/c54-29-33-1-9-37(10-2-33)41-17-21-45-46-22-18-42(38-11-3-34(30-55)4-12-38)26-50(46)53(49(45)25-41)51-27-43(39-13-5-35(31-56)6-14-39)19-23-47(51)48-24-20-44(28-52(48)53)40-15-7-36(32-57)8-16-40;3*1-2-6-4-3-5-1/h1-28H;3*1-4H2. The van der Waals surface area contributed by atoms with E-state index in [0.29, 0.717) is 22.3 Å². The molecule has 0 aromatic heterocycles. The highest BCUT2D eigenvalue weighted by molar-refractivity contribution is 5.98. The Balaban J connectivity index is 0.000000300. The summed E-state index contributed by atoms with van der Waals surface area (Å²) in [6.07, 6.45) is 0. The average molecular weight is 985 g/mol. The highest BCUT2D eigenvalue weighted by Crippen LogP contribution is 2.64. The van der Waals surface area contributed by atoms with Crippen molar-refractivity contribution in [2.24, 2.45) is 0 Å². The molecule has 10 nitrogen and oxygen atoms in total. The summed E-state index contributed by atoms with van der Waals surface area (Å²) in [5, 5.41) is 38.2. The molecular formula is C65H52N4O6. The van der Waals surface area contributed by atoms with Gasteiger partial charge in [-0.15, -0.1) is 0 Å². The van der Waals surface area contributed by atoms with Gasteiger partial charge >= 0.3 is 0 Å². The SMILES string of the molecule is C1COCCO1.C1COCCO1.C1COCCO1.N#Cc1ccc(-c2ccc3c(c2)C2(c4cc(-c5ccc(C#N)cc5)ccc4-3)c3cc(-c4ccc(C#N)cc4)ccc3-c3ccc(-c4ccc(C#N)cc4)cc32)cc1. The van der Waals surface area contributed by atoms with E-state index in [4.69, 9.17) is 28.4 Å². The van der Waals surface area contributed by atoms with Crippen LogP contribution in [0.15, 0.2) is 170 Å². The molecule has 13 rings (SSSR count). The summed E-state index contributed by atoms with van der Waals surface area (Å²) in [6, 6.07) is 67.0. The lowest BCUT2D eigenvalue weighted by Crippen LogP contribution is -2.26. The first-order chi connectivity index (χ1) is 37.0. The Labute approximate surface area is 437 Å². The van der Waals surface area contributed by atoms with Crippen LogP contribution >= 0.6 is 0 Å². The lowest BCUT2D eigenvalue weighted by atomic mass is 9.69. The molecule has 8 aromatic carbocycles. The van der Waals surface area contributed by atoms with Crippen molar-refractivity contribution in [3.63, 3.8) is 0 Å². The fourth-order valence-corrected chi connectivity index (χ4v) is 10.2. The van der Waals surface area contributed by atoms with E-state index in [9.17, 15) is 21.0 Å². The van der Waals surface area contributed by atoms with Crippen LogP contribution in [0.5, 0.6) is 0 Å². The molecule has 75 heavy (non-hydrogen) atoms. The van der Waals surface area contributed by atoms with E-state index in [1.165, 1.54) is 22.3 Å². The highest BCUT2D eigenvalue weighted by Gasteiger charge is 2.52. The Morgan fingerprint density at radius 3 is 0.573 bits per heavy atom. The van der Waals surface area contributed by atoms with E-state index >= 15 is 0 Å². The number of rotatable bonds is 4. The molecule has 0 bridgehead atoms. The molecule has 0 unspecified atom stereocenters. The summed E-state index contributed by atoms with van der Waals surface area (Å²) >= 11 is 0. The van der Waals surface area contributed by atoms with Crippen LogP contribution in [0.4, 0.5) is 0 Å². The van der Waals surface area contributed by atoms with Gasteiger partial charge in [0.05, 0.1) is 131 Å². The first-order valence-corrected chi connectivity index (χ1v) is 25.1. The van der Waals surface area contributed by atoms with Crippen molar-refractivity contribution in [2.45, 2.75) is 5.41 Å². The summed E-state index contributed by atoms with van der Waals surface area (Å²) < 4.78 is 29.7. The maximum absolute atomic E-state index is 9.55. The highest BCUT2D eigenvalue weighted by atomic mass is 16.6. The topological polar surface area (TPSA) is 151 Å². The van der Waals surface area contributed by atoms with Gasteiger partial charge in [-0.05, 0) is 162 Å². The fourth-order valence-electron chi connectivity index (χ4n) is 10.2. The third-order valence-electron chi connectivity index (χ3n) is 13.9. The molecule has 8 aromatic rings. The molecule has 3 saturated heterocycles. The molecule has 10 heteroatoms. The summed E-state index contributed by atoms with van der Waals surface area (Å²) in [6.45, 7) is 9.33. The minimum absolute atomic E-state index is 0.614. The van der Waals surface area contributed by atoms with Crippen molar-refractivity contribution >= 4 is 0 Å². The van der Waals surface area contributed by atoms with Crippen LogP contribution in [0.2, 0.25) is 0 Å². The van der Waals surface area contributed by atoms with E-state index in [-0.39, 0.29) is 0 Å². The van der Waals surface area contributed by atoms with Gasteiger partial charge in [0, 0.05) is 0 Å². The van der Waals surface area contributed by atoms with Crippen LogP contribution in [-0.2, 0) is 33.8 Å². The first kappa shape index (κ1) is 50.0. The van der Waals surface area contributed by atoms with E-state index < -0.39 is 5.41 Å². The molecule has 5 aliphatic rings. The maximum atomic E-state index is 9.55. The van der Waals surface area contributed by atoms with Crippen molar-refractivity contribution in [3.8, 4) is 91.0 Å². The molecule has 0 radical (unpaired) electrons. The van der Waals surface area contributed by atoms with Crippen LogP contribution in [-0.4, -0.2) is 79.3 Å². The lowest BCUT2D eigenvalue weighted by molar-refractivity contribution is -0.0334. The van der Waals surface area contributed by atoms with Crippen molar-refractivity contribution in [3.05, 3.63) is 214 Å². The van der Waals surface area contributed by atoms with Crippen molar-refractivity contribution in [1.82, 2.24) is 0 Å². The number of nitrogens with zero attached hydrogens (tertiary/aromatic N) is 4. The van der Waals surface area contributed by atoms with Crippen LogP contribution in [0, 0.1) is 45.3 Å². The van der Waals surface area contributed by atoms with E-state index in [1.807, 2.05) is 97.1 Å². The van der Waals surface area contributed by atoms with E-state index in [1.54, 1.807) is 0 Å². The molecule has 3 fully saturated rings. The predicted molar refractivity (Wildman–Crippen MR) is 288 cm³/mol. The van der Waals surface area contributed by atoms with Crippen LogP contribution in [0.1, 0.15) is 44.5 Å². The maximum Gasteiger partial charge on any atom is 0.0991 e. The van der Waals surface area contributed by atoms with Gasteiger partial charge < -0.3 is 28.4 Å². The predicted octanol–water partition coefficient (Wildman–Crippen LogP) is 12.3. The van der Waals surface area contributed by atoms with Gasteiger partial charge in [-0.1, -0.05) is 97.1 Å². The summed E-state index contributed by atoms with van der Waals surface area (Å²) in [4.78, 5) is 0. The molecule has 0 amide bonds. The minimum Gasteiger partial charge on any atom is -0.377 e. The number of benzene rings is 8. The molecule has 0 N–H and O–H groups in total. The zero-order chi connectivity index (χ0) is 51.4. The largest absolute Gasteiger partial charge is 0.377 e. The second-order valence-electron chi connectivity index (χ2n) is 18.2. The second kappa shape index (κ2) is 23.6. The molecule has 3 heterocycles. The summed E-state index contributed by atoms with van der Waals surface area (Å²) in [5.41, 5.74) is 19.3. The molecular weight excluding hydrogens is 933 g/mol. The quantitative estimate of drug-likeness (QED) is 0.167. The lowest BCUT2D eigenvalue weighted by Gasteiger charge is -2.32. The average Bonchev–Trinajstić information content (AvgIpc) is 3.97. The Kier molecular flexibility index (Phi) is 15.7. The fraction of sp³-hybridized carbons (Fsp3) is 0.200. The third-order valence-corrected chi connectivity index (χ3v) is 13.9. The minimum atomic E-state index is -0.730. The second-order valence-corrected chi connectivity index (χ2v) is 18.2. The van der Waals surface area contributed by atoms with Crippen molar-refractivity contribution in [2.75, 3.05) is 79.3 Å². The first-order valence-electron chi connectivity index (χ1n) is 25.1. The monoisotopic (exact) mass is 984 g/mol. The zero-order valence-corrected chi connectivity index (χ0v) is 41.4. The normalized spacial score (nSPS) is 15.1. The van der Waals surface area contributed by atoms with Gasteiger partial charge in [-0.3, -0.25) is 0 Å². The number of hydrogen-bond acceptors (Lipinski definition) is 10. The van der Waals surface area contributed by atoms with Gasteiger partial charge in [-0.2, -0.15) is 21.0 Å². The Morgan fingerprint density at radius 1 is 0.240 bits per heavy atom. The molecule has 2 aliphatic carbocycles.